The lowest BCUT2D eigenvalue weighted by molar-refractivity contribution is -0.389. The number of aromatic amines is 1. The van der Waals surface area contributed by atoms with Gasteiger partial charge in [-0.05, 0) is 61.1 Å². The van der Waals surface area contributed by atoms with Crippen LogP contribution < -0.4 is 0 Å². The lowest BCUT2D eigenvalue weighted by Crippen LogP contribution is -2.86. The van der Waals surface area contributed by atoms with Crippen molar-refractivity contribution in [1.82, 2.24) is 9.88 Å². The minimum absolute atomic E-state index is 0.0147. The third kappa shape index (κ3) is 2.38. The highest BCUT2D eigenvalue weighted by molar-refractivity contribution is 5.86. The summed E-state index contributed by atoms with van der Waals surface area (Å²) in [5.41, 5.74) is 1.25. The highest BCUT2D eigenvalue weighted by atomic mass is 19.4. The lowest BCUT2D eigenvalue weighted by atomic mass is 9.29. The largest absolute Gasteiger partial charge is 0.478 e. The molecule has 3 heterocycles. The number of aliphatic carboxylic acids is 1. The van der Waals surface area contributed by atoms with E-state index in [9.17, 15) is 18.0 Å². The van der Waals surface area contributed by atoms with Crippen LogP contribution in [0.15, 0.2) is 42.5 Å². The predicted molar refractivity (Wildman–Crippen MR) is 121 cm³/mol. The molecule has 180 valence electrons. The number of H-pyrrole nitrogens is 1. The van der Waals surface area contributed by atoms with E-state index in [-0.39, 0.29) is 30.0 Å². The minimum atomic E-state index is -4.39. The number of benzene rings is 2. The van der Waals surface area contributed by atoms with Crippen molar-refractivity contribution in [2.75, 3.05) is 0 Å². The first kappa shape index (κ1) is 21.2. The standard InChI is InChI=1S/C27H22F4N2O2/c1-13-8-16-15-4-2-3-5-19(15)32-22(16)23-21-17(9-14(10-18(21)28)6-7-20(34)35)24-25(27(29,30)31)11-26(24,12-25)33(13)23/h2-7,9-10,13,23-24,32H,8,11-12H2,1H3,(H,34,35)/b7-6+/t13-,23+,24?,25?,26?/m0/s1. The molecular weight excluding hydrogens is 460 g/mol. The summed E-state index contributed by atoms with van der Waals surface area (Å²) in [7, 11) is 0. The Balaban J connectivity index is 1.50. The van der Waals surface area contributed by atoms with Crippen LogP contribution in [0.5, 0.6) is 0 Å². The van der Waals surface area contributed by atoms with E-state index in [4.69, 9.17) is 5.11 Å². The normalized spacial score (nSPS) is 32.9. The summed E-state index contributed by atoms with van der Waals surface area (Å²) < 4.78 is 58.9. The van der Waals surface area contributed by atoms with Gasteiger partial charge in [0.1, 0.15) is 5.82 Å². The van der Waals surface area contributed by atoms with Crippen molar-refractivity contribution in [3.05, 3.63) is 76.2 Å². The second-order valence-electron chi connectivity index (χ2n) is 10.6. The predicted octanol–water partition coefficient (Wildman–Crippen LogP) is 5.93. The molecule has 0 saturated heterocycles. The Morgan fingerprint density at radius 3 is 2.69 bits per heavy atom. The Morgan fingerprint density at radius 2 is 1.97 bits per heavy atom. The van der Waals surface area contributed by atoms with Crippen molar-refractivity contribution in [2.24, 2.45) is 5.41 Å². The van der Waals surface area contributed by atoms with Crippen LogP contribution in [0.4, 0.5) is 17.6 Å². The molecule has 3 saturated carbocycles. The summed E-state index contributed by atoms with van der Waals surface area (Å²) in [6.07, 6.45) is -1.56. The second kappa shape index (κ2) is 6.35. The fraction of sp³-hybridized carbons (Fsp3) is 0.370. The van der Waals surface area contributed by atoms with Crippen LogP contribution in [0, 0.1) is 11.2 Å². The van der Waals surface area contributed by atoms with Crippen LogP contribution in [-0.2, 0) is 11.2 Å². The summed E-state index contributed by atoms with van der Waals surface area (Å²) >= 11 is 0. The maximum absolute atomic E-state index is 15.9. The highest BCUT2D eigenvalue weighted by Gasteiger charge is 2.88. The van der Waals surface area contributed by atoms with Crippen molar-refractivity contribution in [3.63, 3.8) is 0 Å². The van der Waals surface area contributed by atoms with E-state index >= 15 is 4.39 Å². The summed E-state index contributed by atoms with van der Waals surface area (Å²) in [4.78, 5) is 16.6. The van der Waals surface area contributed by atoms with Crippen LogP contribution in [0.2, 0.25) is 0 Å². The molecule has 3 fully saturated rings. The van der Waals surface area contributed by atoms with E-state index < -0.39 is 40.9 Å². The van der Waals surface area contributed by atoms with Gasteiger partial charge < -0.3 is 10.1 Å². The molecule has 8 rings (SSSR count). The Kier molecular flexibility index (Phi) is 3.84. The number of halogens is 4. The first-order valence-corrected chi connectivity index (χ1v) is 11.8. The fourth-order valence-corrected chi connectivity index (χ4v) is 7.88. The van der Waals surface area contributed by atoms with E-state index in [0.717, 1.165) is 28.2 Å². The Morgan fingerprint density at radius 1 is 1.23 bits per heavy atom. The average Bonchev–Trinajstić information content (AvgIpc) is 3.08. The average molecular weight is 482 g/mol. The van der Waals surface area contributed by atoms with Gasteiger partial charge in [-0.25, -0.2) is 9.18 Å². The van der Waals surface area contributed by atoms with Crippen molar-refractivity contribution >= 4 is 22.9 Å². The first-order valence-electron chi connectivity index (χ1n) is 11.8. The molecule has 0 amide bonds. The van der Waals surface area contributed by atoms with Gasteiger partial charge in [-0.15, -0.1) is 0 Å². The van der Waals surface area contributed by atoms with Crippen molar-refractivity contribution in [1.29, 1.82) is 0 Å². The maximum atomic E-state index is 15.9. The van der Waals surface area contributed by atoms with Gasteiger partial charge in [0.15, 0.2) is 0 Å². The van der Waals surface area contributed by atoms with Crippen molar-refractivity contribution in [2.45, 2.75) is 55.9 Å². The Hall–Kier alpha value is -3.13. The zero-order chi connectivity index (χ0) is 24.5. The fourth-order valence-electron chi connectivity index (χ4n) is 7.88. The molecule has 0 radical (unpaired) electrons. The molecule has 2 aliphatic heterocycles. The number of fused-ring (bicyclic) bond motifs is 7. The van der Waals surface area contributed by atoms with E-state index in [1.165, 1.54) is 12.1 Å². The number of rotatable bonds is 2. The Labute approximate surface area is 198 Å². The van der Waals surface area contributed by atoms with Crippen LogP contribution in [0.1, 0.15) is 59.7 Å². The monoisotopic (exact) mass is 482 g/mol. The smallest absolute Gasteiger partial charge is 0.395 e. The number of alkyl halides is 3. The van der Waals surface area contributed by atoms with Crippen LogP contribution in [0.25, 0.3) is 17.0 Å². The highest BCUT2D eigenvalue weighted by Crippen LogP contribution is 2.85. The second-order valence-corrected chi connectivity index (χ2v) is 10.6. The summed E-state index contributed by atoms with van der Waals surface area (Å²) in [5.74, 6) is -2.66. The number of hydrogen-bond donors (Lipinski definition) is 2. The third-order valence-electron chi connectivity index (χ3n) is 8.97. The molecule has 8 heteroatoms. The molecule has 3 atom stereocenters. The molecule has 2 bridgehead atoms. The molecule has 35 heavy (non-hydrogen) atoms. The van der Waals surface area contributed by atoms with Gasteiger partial charge in [0.25, 0.3) is 0 Å². The number of carbonyl (C=O) groups is 1. The number of hydrogen-bond acceptors (Lipinski definition) is 2. The summed E-state index contributed by atoms with van der Waals surface area (Å²) in [6, 6.07) is 10.1. The first-order chi connectivity index (χ1) is 16.6. The third-order valence-corrected chi connectivity index (χ3v) is 8.97. The number of nitrogens with zero attached hydrogens (tertiary/aromatic N) is 1. The molecule has 2 aromatic carbocycles. The summed E-state index contributed by atoms with van der Waals surface area (Å²) in [6.45, 7) is 2.03. The van der Waals surface area contributed by atoms with Crippen LogP contribution in [0.3, 0.4) is 0 Å². The molecule has 3 aliphatic carbocycles. The number of aromatic nitrogens is 1. The maximum Gasteiger partial charge on any atom is 0.395 e. The molecular formula is C27H22F4N2O2. The van der Waals surface area contributed by atoms with Gasteiger partial charge in [0.05, 0.1) is 11.5 Å². The van der Waals surface area contributed by atoms with Gasteiger partial charge in [-0.1, -0.05) is 24.3 Å². The molecule has 4 nitrogen and oxygen atoms in total. The van der Waals surface area contributed by atoms with E-state index in [1.54, 1.807) is 6.07 Å². The SMILES string of the molecule is C[C@H]1Cc2c([nH]c3ccccc23)[C@H]2c3c(F)cc(/C=C/C(=O)O)cc3C3C4(CC3(C(F)(F)F)C4)N21. The van der Waals surface area contributed by atoms with Crippen molar-refractivity contribution in [3.8, 4) is 0 Å². The van der Waals surface area contributed by atoms with Gasteiger partial charge in [0, 0.05) is 45.7 Å². The quantitative estimate of drug-likeness (QED) is 0.352. The lowest BCUT2D eigenvalue weighted by Gasteiger charge is -2.82. The molecule has 1 unspecified atom stereocenters. The number of nitrogens with one attached hydrogen (secondary N) is 1. The number of carboxylic acid groups (broad SMARTS) is 1. The molecule has 2 N–H and O–H groups in total. The zero-order valence-corrected chi connectivity index (χ0v) is 18.8. The molecule has 3 aromatic rings. The molecule has 1 spiro atoms. The topological polar surface area (TPSA) is 56.3 Å². The molecule has 1 aromatic heterocycles. The molecule has 5 aliphatic rings. The van der Waals surface area contributed by atoms with Crippen LogP contribution >= 0.6 is 0 Å². The minimum Gasteiger partial charge on any atom is -0.478 e. The number of carboxylic acids is 1. The summed E-state index contributed by atoms with van der Waals surface area (Å²) in [5, 5.41) is 10.1. The van der Waals surface area contributed by atoms with E-state index in [0.29, 0.717) is 12.0 Å². The van der Waals surface area contributed by atoms with E-state index in [1.807, 2.05) is 31.2 Å². The van der Waals surface area contributed by atoms with Crippen molar-refractivity contribution < 1.29 is 27.5 Å². The van der Waals surface area contributed by atoms with Crippen LogP contribution in [-0.4, -0.2) is 38.7 Å². The van der Waals surface area contributed by atoms with Gasteiger partial charge in [-0.3, -0.25) is 4.90 Å². The van der Waals surface area contributed by atoms with Gasteiger partial charge >= 0.3 is 12.1 Å². The number of para-hydroxylation sites is 1. The van der Waals surface area contributed by atoms with Gasteiger partial charge in [-0.2, -0.15) is 13.2 Å². The van der Waals surface area contributed by atoms with E-state index in [2.05, 4.69) is 9.88 Å². The van der Waals surface area contributed by atoms with Gasteiger partial charge in [0.2, 0.25) is 0 Å². The zero-order valence-electron chi connectivity index (χ0n) is 18.8. The Bertz CT molecular complexity index is 1460.